The Morgan fingerprint density at radius 1 is 1.61 bits per heavy atom. The molecule has 1 heterocycles. The molecule has 0 radical (unpaired) electrons. The molecule has 6 nitrogen and oxygen atoms in total. The van der Waals surface area contributed by atoms with Gasteiger partial charge in [0.2, 0.25) is 5.91 Å². The molecule has 1 rings (SSSR count). The number of nitrogens with zero attached hydrogens (tertiary/aromatic N) is 1. The molecule has 18 heavy (non-hydrogen) atoms. The van der Waals surface area contributed by atoms with Crippen LogP contribution in [-0.4, -0.2) is 37.7 Å². The molecule has 0 spiro atoms. The van der Waals surface area contributed by atoms with E-state index in [-0.39, 0.29) is 12.5 Å². The number of pyridine rings is 1. The van der Waals surface area contributed by atoms with Crippen molar-refractivity contribution in [2.45, 2.75) is 6.92 Å². The molecule has 0 fully saturated rings. The average Bonchev–Trinajstić information content (AvgIpc) is 2.35. The third-order valence-electron chi connectivity index (χ3n) is 2.35. The van der Waals surface area contributed by atoms with Crippen LogP contribution in [0.4, 0.5) is 11.5 Å². The van der Waals surface area contributed by atoms with E-state index in [0.29, 0.717) is 24.7 Å². The molecular weight excluding hydrogens is 300 g/mol. The molecule has 0 atom stereocenters. The number of halogens is 1. The highest BCUT2D eigenvalue weighted by molar-refractivity contribution is 9.10. The summed E-state index contributed by atoms with van der Waals surface area (Å²) in [7, 11) is 1.59. The van der Waals surface area contributed by atoms with Gasteiger partial charge in [-0.15, -0.1) is 0 Å². The van der Waals surface area contributed by atoms with Crippen LogP contribution < -0.4 is 16.4 Å². The predicted molar refractivity (Wildman–Crippen MR) is 74.5 cm³/mol. The molecule has 0 aliphatic heterocycles. The maximum Gasteiger partial charge on any atom is 0.239 e. The molecule has 1 amide bonds. The van der Waals surface area contributed by atoms with Crippen molar-refractivity contribution in [3.8, 4) is 0 Å². The highest BCUT2D eigenvalue weighted by Crippen LogP contribution is 2.27. The number of aromatic nitrogens is 1. The maximum absolute atomic E-state index is 11.5. The van der Waals surface area contributed by atoms with Crippen molar-refractivity contribution in [3.05, 3.63) is 16.2 Å². The molecule has 0 unspecified atom stereocenters. The number of ether oxygens (including phenoxy) is 1. The summed E-state index contributed by atoms with van der Waals surface area (Å²) in [5.41, 5.74) is 7.22. The zero-order valence-electron chi connectivity index (χ0n) is 10.4. The third kappa shape index (κ3) is 4.15. The molecule has 7 heteroatoms. The first kappa shape index (κ1) is 14.7. The fourth-order valence-corrected chi connectivity index (χ4v) is 1.71. The van der Waals surface area contributed by atoms with Gasteiger partial charge in [0.05, 0.1) is 29.5 Å². The molecule has 0 saturated carbocycles. The summed E-state index contributed by atoms with van der Waals surface area (Å²) >= 11 is 3.39. The van der Waals surface area contributed by atoms with Crippen molar-refractivity contribution in [1.29, 1.82) is 0 Å². The number of hydrogen-bond acceptors (Lipinski definition) is 5. The fourth-order valence-electron chi connectivity index (χ4n) is 1.23. The second kappa shape index (κ2) is 7.17. The van der Waals surface area contributed by atoms with Crippen LogP contribution in [0.1, 0.15) is 5.56 Å². The number of nitrogen functional groups attached to an aromatic ring is 1. The van der Waals surface area contributed by atoms with Crippen LogP contribution >= 0.6 is 15.9 Å². The Kier molecular flexibility index (Phi) is 5.87. The standard InChI is InChI=1S/C11H17BrN4O2/c1-7-8(13)5-15-11(10(7)12)16-6-9(17)14-3-4-18-2/h5H,3-4,6,13H2,1-2H3,(H,14,17)(H,15,16). The Bertz CT molecular complexity index is 426. The van der Waals surface area contributed by atoms with E-state index in [9.17, 15) is 4.79 Å². The number of hydrogen-bond donors (Lipinski definition) is 3. The maximum atomic E-state index is 11.5. The van der Waals surface area contributed by atoms with E-state index >= 15 is 0 Å². The van der Waals surface area contributed by atoms with E-state index < -0.39 is 0 Å². The van der Waals surface area contributed by atoms with E-state index in [4.69, 9.17) is 10.5 Å². The van der Waals surface area contributed by atoms with Crippen LogP contribution in [0.15, 0.2) is 10.7 Å². The SMILES string of the molecule is COCCNC(=O)CNc1ncc(N)c(C)c1Br. The minimum atomic E-state index is -0.116. The number of anilines is 2. The van der Waals surface area contributed by atoms with E-state index in [1.165, 1.54) is 0 Å². The van der Waals surface area contributed by atoms with Gasteiger partial charge < -0.3 is 21.1 Å². The summed E-state index contributed by atoms with van der Waals surface area (Å²) in [6.45, 7) is 3.02. The minimum Gasteiger partial charge on any atom is -0.397 e. The average molecular weight is 317 g/mol. The van der Waals surface area contributed by atoms with Gasteiger partial charge in [-0.2, -0.15) is 0 Å². The highest BCUT2D eigenvalue weighted by atomic mass is 79.9. The number of nitrogens with two attached hydrogens (primary N) is 1. The van der Waals surface area contributed by atoms with Crippen molar-refractivity contribution in [1.82, 2.24) is 10.3 Å². The summed E-state index contributed by atoms with van der Waals surface area (Å²) in [5, 5.41) is 5.65. The molecule has 4 N–H and O–H groups in total. The van der Waals surface area contributed by atoms with Gasteiger partial charge in [-0.25, -0.2) is 4.98 Å². The van der Waals surface area contributed by atoms with Gasteiger partial charge in [0.15, 0.2) is 0 Å². The summed E-state index contributed by atoms with van der Waals surface area (Å²) in [4.78, 5) is 15.6. The number of rotatable bonds is 6. The Hall–Kier alpha value is -1.34. The normalized spacial score (nSPS) is 10.2. The molecular formula is C11H17BrN4O2. The molecule has 0 aliphatic rings. The molecule has 0 aromatic carbocycles. The first-order valence-electron chi connectivity index (χ1n) is 5.46. The minimum absolute atomic E-state index is 0.116. The van der Waals surface area contributed by atoms with Gasteiger partial charge >= 0.3 is 0 Å². The Balaban J connectivity index is 2.49. The van der Waals surface area contributed by atoms with Crippen molar-refractivity contribution >= 4 is 33.3 Å². The van der Waals surface area contributed by atoms with E-state index in [1.54, 1.807) is 13.3 Å². The predicted octanol–water partition coefficient (Wildman–Crippen LogP) is 0.909. The second-order valence-electron chi connectivity index (χ2n) is 3.70. The van der Waals surface area contributed by atoms with Crippen molar-refractivity contribution in [2.75, 3.05) is 37.9 Å². The van der Waals surface area contributed by atoms with Crippen LogP contribution in [0.3, 0.4) is 0 Å². The number of carbonyl (C=O) groups is 1. The first-order chi connectivity index (χ1) is 8.56. The van der Waals surface area contributed by atoms with Crippen molar-refractivity contribution in [3.63, 3.8) is 0 Å². The van der Waals surface area contributed by atoms with Gasteiger partial charge in [-0.05, 0) is 28.4 Å². The van der Waals surface area contributed by atoms with E-state index in [1.807, 2.05) is 6.92 Å². The van der Waals surface area contributed by atoms with E-state index in [2.05, 4.69) is 31.5 Å². The third-order valence-corrected chi connectivity index (χ3v) is 3.32. The summed E-state index contributed by atoms with van der Waals surface area (Å²) in [6.07, 6.45) is 1.56. The topological polar surface area (TPSA) is 89.3 Å². The zero-order valence-corrected chi connectivity index (χ0v) is 12.0. The Morgan fingerprint density at radius 3 is 3.00 bits per heavy atom. The number of nitrogens with one attached hydrogen (secondary N) is 2. The number of carbonyl (C=O) groups excluding carboxylic acids is 1. The van der Waals surface area contributed by atoms with Crippen LogP contribution in [0.5, 0.6) is 0 Å². The van der Waals surface area contributed by atoms with Gasteiger partial charge in [0, 0.05) is 13.7 Å². The lowest BCUT2D eigenvalue weighted by Crippen LogP contribution is -2.32. The first-order valence-corrected chi connectivity index (χ1v) is 6.25. The van der Waals surface area contributed by atoms with Crippen LogP contribution in [-0.2, 0) is 9.53 Å². The smallest absolute Gasteiger partial charge is 0.239 e. The van der Waals surface area contributed by atoms with Crippen LogP contribution in [0.2, 0.25) is 0 Å². The monoisotopic (exact) mass is 316 g/mol. The van der Waals surface area contributed by atoms with Gasteiger partial charge in [-0.1, -0.05) is 0 Å². The lowest BCUT2D eigenvalue weighted by Gasteiger charge is -2.10. The molecule has 1 aromatic heterocycles. The second-order valence-corrected chi connectivity index (χ2v) is 4.49. The van der Waals surface area contributed by atoms with Gasteiger partial charge in [-0.3, -0.25) is 4.79 Å². The van der Waals surface area contributed by atoms with Gasteiger partial charge in [0.25, 0.3) is 0 Å². The number of methoxy groups -OCH3 is 1. The molecule has 0 aliphatic carbocycles. The summed E-state index contributed by atoms with van der Waals surface area (Å²) in [5.74, 6) is 0.485. The highest BCUT2D eigenvalue weighted by Gasteiger charge is 2.08. The lowest BCUT2D eigenvalue weighted by atomic mass is 10.2. The van der Waals surface area contributed by atoms with Crippen LogP contribution in [0.25, 0.3) is 0 Å². The van der Waals surface area contributed by atoms with Crippen molar-refractivity contribution < 1.29 is 9.53 Å². The zero-order chi connectivity index (χ0) is 13.5. The summed E-state index contributed by atoms with van der Waals surface area (Å²) in [6, 6.07) is 0. The quantitative estimate of drug-likeness (QED) is 0.679. The lowest BCUT2D eigenvalue weighted by molar-refractivity contribution is -0.119. The number of amides is 1. The Labute approximate surface area is 114 Å². The molecule has 0 saturated heterocycles. The van der Waals surface area contributed by atoms with Gasteiger partial charge in [0.1, 0.15) is 5.82 Å². The van der Waals surface area contributed by atoms with E-state index in [0.717, 1.165) is 10.0 Å². The van der Waals surface area contributed by atoms with Crippen LogP contribution in [0, 0.1) is 6.92 Å². The summed E-state index contributed by atoms with van der Waals surface area (Å²) < 4.78 is 5.60. The Morgan fingerprint density at radius 2 is 2.33 bits per heavy atom. The fraction of sp³-hybridized carbons (Fsp3) is 0.455. The largest absolute Gasteiger partial charge is 0.397 e. The molecule has 1 aromatic rings. The van der Waals surface area contributed by atoms with Crippen molar-refractivity contribution in [2.24, 2.45) is 0 Å². The molecule has 100 valence electrons. The molecule has 0 bridgehead atoms.